The summed E-state index contributed by atoms with van der Waals surface area (Å²) >= 11 is 9.65. The molecule has 0 spiro atoms. The van der Waals surface area contributed by atoms with E-state index >= 15 is 0 Å². The monoisotopic (exact) mass is 416 g/mol. The fourth-order valence-electron chi connectivity index (χ4n) is 2.66. The molecule has 122 valence electrons. The highest BCUT2D eigenvalue weighted by molar-refractivity contribution is 9.10. The Labute approximate surface area is 153 Å². The minimum Gasteiger partial charge on any atom is -0.314 e. The van der Waals surface area contributed by atoms with Crippen molar-refractivity contribution < 1.29 is 0 Å². The van der Waals surface area contributed by atoms with E-state index in [1.807, 2.05) is 6.07 Å². The van der Waals surface area contributed by atoms with Gasteiger partial charge in [-0.2, -0.15) is 0 Å². The minimum absolute atomic E-state index is 0. The van der Waals surface area contributed by atoms with Crippen LogP contribution in [0, 0.1) is 5.92 Å². The van der Waals surface area contributed by atoms with Gasteiger partial charge in [0.25, 0.3) is 0 Å². The Balaban J connectivity index is 0.00000200. The molecular formula is C15H24BrCl3N2. The second-order valence-electron chi connectivity index (χ2n) is 5.60. The molecule has 1 aromatic rings. The molecule has 21 heavy (non-hydrogen) atoms. The van der Waals surface area contributed by atoms with Gasteiger partial charge in [-0.15, -0.1) is 24.8 Å². The smallest absolute Gasteiger partial charge is 0.0548 e. The number of halogens is 4. The van der Waals surface area contributed by atoms with Crippen LogP contribution in [0.1, 0.15) is 31.9 Å². The normalized spacial score (nSPS) is 17.0. The summed E-state index contributed by atoms with van der Waals surface area (Å²) in [5.41, 5.74) is 1.37. The van der Waals surface area contributed by atoms with Gasteiger partial charge in [0, 0.05) is 36.7 Å². The Morgan fingerprint density at radius 3 is 2.38 bits per heavy atom. The number of nitrogens with zero attached hydrogens (tertiary/aromatic N) is 1. The molecule has 0 aromatic heterocycles. The van der Waals surface area contributed by atoms with E-state index in [0.717, 1.165) is 35.7 Å². The van der Waals surface area contributed by atoms with Gasteiger partial charge in [-0.3, -0.25) is 4.90 Å². The average molecular weight is 419 g/mol. The highest BCUT2D eigenvalue weighted by Gasteiger charge is 2.23. The van der Waals surface area contributed by atoms with Crippen molar-refractivity contribution in [1.29, 1.82) is 0 Å². The number of hydrogen-bond acceptors (Lipinski definition) is 2. The van der Waals surface area contributed by atoms with Gasteiger partial charge in [-0.1, -0.05) is 31.5 Å². The summed E-state index contributed by atoms with van der Waals surface area (Å²) in [6.45, 7) is 9.00. The summed E-state index contributed by atoms with van der Waals surface area (Å²) < 4.78 is 0.996. The first-order valence-corrected chi connectivity index (χ1v) is 8.14. The van der Waals surface area contributed by atoms with Gasteiger partial charge in [-0.25, -0.2) is 0 Å². The fraction of sp³-hybridized carbons (Fsp3) is 0.600. The predicted octanol–water partition coefficient (Wildman–Crippen LogP) is 4.94. The fourth-order valence-corrected chi connectivity index (χ4v) is 3.17. The summed E-state index contributed by atoms with van der Waals surface area (Å²) in [7, 11) is 0. The second-order valence-corrected chi connectivity index (χ2v) is 6.87. The Bertz CT molecular complexity index is 423. The lowest BCUT2D eigenvalue weighted by Gasteiger charge is -2.36. The molecule has 6 heteroatoms. The Morgan fingerprint density at radius 2 is 1.86 bits per heavy atom. The van der Waals surface area contributed by atoms with Crippen LogP contribution in [0.3, 0.4) is 0 Å². The van der Waals surface area contributed by atoms with Crippen LogP contribution in [-0.2, 0) is 0 Å². The maximum atomic E-state index is 6.11. The average Bonchev–Trinajstić information content (AvgIpc) is 2.40. The van der Waals surface area contributed by atoms with Crippen molar-refractivity contribution in [1.82, 2.24) is 10.2 Å². The van der Waals surface area contributed by atoms with Crippen molar-refractivity contribution >= 4 is 52.3 Å². The second kappa shape index (κ2) is 10.3. The molecule has 2 rings (SSSR count). The Hall–Kier alpha value is 0.490. The molecular weight excluding hydrogens is 394 g/mol. The van der Waals surface area contributed by atoms with Crippen LogP contribution in [0.15, 0.2) is 22.7 Å². The lowest BCUT2D eigenvalue weighted by molar-refractivity contribution is 0.154. The molecule has 0 radical (unpaired) electrons. The molecule has 1 heterocycles. The molecule has 1 aliphatic heterocycles. The molecule has 1 fully saturated rings. The Morgan fingerprint density at radius 1 is 1.24 bits per heavy atom. The quantitative estimate of drug-likeness (QED) is 0.745. The third-order valence-corrected chi connectivity index (χ3v) is 4.83. The highest BCUT2D eigenvalue weighted by Crippen LogP contribution is 2.32. The van der Waals surface area contributed by atoms with Crippen molar-refractivity contribution in [2.75, 3.05) is 26.2 Å². The number of nitrogens with one attached hydrogen (secondary N) is 1. The SMILES string of the molecule is CC(C)C[C@@H](c1ccc(Cl)c(Br)c1)N1CCNCC1.Cl.Cl. The maximum absolute atomic E-state index is 6.11. The predicted molar refractivity (Wildman–Crippen MR) is 100 cm³/mol. The van der Waals surface area contributed by atoms with Crippen LogP contribution in [0.4, 0.5) is 0 Å². The molecule has 0 amide bonds. The summed E-state index contributed by atoms with van der Waals surface area (Å²) in [4.78, 5) is 2.59. The van der Waals surface area contributed by atoms with Gasteiger partial charge in [0.15, 0.2) is 0 Å². The van der Waals surface area contributed by atoms with Crippen LogP contribution in [0.5, 0.6) is 0 Å². The van der Waals surface area contributed by atoms with Crippen LogP contribution in [0.2, 0.25) is 5.02 Å². The molecule has 0 saturated carbocycles. The lowest BCUT2D eigenvalue weighted by atomic mass is 9.95. The molecule has 1 aliphatic rings. The summed E-state index contributed by atoms with van der Waals surface area (Å²) in [5, 5.41) is 4.21. The first kappa shape index (κ1) is 21.5. The standard InChI is InChI=1S/C15H22BrClN2.2ClH/c1-11(2)9-15(19-7-5-18-6-8-19)12-3-4-14(17)13(16)10-12;;/h3-4,10-11,15,18H,5-9H2,1-2H3;2*1H/t15-;;/m0../s1. The summed E-state index contributed by atoms with van der Waals surface area (Å²) in [6.07, 6.45) is 1.19. The van der Waals surface area contributed by atoms with Gasteiger partial charge < -0.3 is 5.32 Å². The van der Waals surface area contributed by atoms with Gasteiger partial charge in [-0.05, 0) is 46.0 Å². The lowest BCUT2D eigenvalue weighted by Crippen LogP contribution is -2.45. The number of benzene rings is 1. The van der Waals surface area contributed by atoms with Crippen molar-refractivity contribution in [3.8, 4) is 0 Å². The van der Waals surface area contributed by atoms with Crippen LogP contribution >= 0.6 is 52.3 Å². The third kappa shape index (κ3) is 6.25. The van der Waals surface area contributed by atoms with Gasteiger partial charge in [0.2, 0.25) is 0 Å². The molecule has 0 aliphatic carbocycles. The number of piperazine rings is 1. The minimum atomic E-state index is 0. The molecule has 0 bridgehead atoms. The number of rotatable bonds is 4. The van der Waals surface area contributed by atoms with Crippen molar-refractivity contribution in [3.63, 3.8) is 0 Å². The van der Waals surface area contributed by atoms with Gasteiger partial charge in [0.05, 0.1) is 5.02 Å². The summed E-state index contributed by atoms with van der Waals surface area (Å²) in [6, 6.07) is 6.84. The van der Waals surface area contributed by atoms with E-state index in [-0.39, 0.29) is 24.8 Å². The van der Waals surface area contributed by atoms with Crippen molar-refractivity contribution in [2.45, 2.75) is 26.3 Å². The van der Waals surface area contributed by atoms with Crippen LogP contribution < -0.4 is 5.32 Å². The molecule has 2 nitrogen and oxygen atoms in total. The van der Waals surface area contributed by atoms with Crippen molar-refractivity contribution in [3.05, 3.63) is 33.3 Å². The third-order valence-electron chi connectivity index (χ3n) is 3.62. The van der Waals surface area contributed by atoms with E-state index in [4.69, 9.17) is 11.6 Å². The molecule has 1 aromatic carbocycles. The highest BCUT2D eigenvalue weighted by atomic mass is 79.9. The van der Waals surface area contributed by atoms with Crippen LogP contribution in [0.25, 0.3) is 0 Å². The molecule has 0 unspecified atom stereocenters. The van der Waals surface area contributed by atoms with Gasteiger partial charge in [0.1, 0.15) is 0 Å². The van der Waals surface area contributed by atoms with E-state index in [9.17, 15) is 0 Å². The van der Waals surface area contributed by atoms with E-state index in [2.05, 4.69) is 52.1 Å². The Kier molecular flexibility index (Phi) is 10.5. The molecule has 1 saturated heterocycles. The van der Waals surface area contributed by atoms with E-state index in [1.54, 1.807) is 0 Å². The number of hydrogen-bond donors (Lipinski definition) is 1. The van der Waals surface area contributed by atoms with Crippen LogP contribution in [-0.4, -0.2) is 31.1 Å². The first-order valence-electron chi connectivity index (χ1n) is 6.97. The zero-order valence-corrected chi connectivity index (χ0v) is 16.4. The van der Waals surface area contributed by atoms with Crippen molar-refractivity contribution in [2.24, 2.45) is 5.92 Å². The van der Waals surface area contributed by atoms with E-state index < -0.39 is 0 Å². The maximum Gasteiger partial charge on any atom is 0.0548 e. The topological polar surface area (TPSA) is 15.3 Å². The zero-order chi connectivity index (χ0) is 13.8. The first-order chi connectivity index (χ1) is 9.08. The zero-order valence-electron chi connectivity index (χ0n) is 12.4. The molecule has 1 N–H and O–H groups in total. The van der Waals surface area contributed by atoms with E-state index in [0.29, 0.717) is 12.0 Å². The van der Waals surface area contributed by atoms with E-state index in [1.165, 1.54) is 12.0 Å². The molecule has 1 atom stereocenters. The largest absolute Gasteiger partial charge is 0.314 e. The van der Waals surface area contributed by atoms with Gasteiger partial charge >= 0.3 is 0 Å². The summed E-state index contributed by atoms with van der Waals surface area (Å²) in [5.74, 6) is 0.689.